The van der Waals surface area contributed by atoms with Gasteiger partial charge in [0.1, 0.15) is 0 Å². The maximum absolute atomic E-state index is 11.9. The number of rotatable bonds is 3. The van der Waals surface area contributed by atoms with E-state index in [0.29, 0.717) is 5.75 Å². The van der Waals surface area contributed by atoms with Gasteiger partial charge in [-0.05, 0) is 25.0 Å². The van der Waals surface area contributed by atoms with Crippen molar-refractivity contribution in [1.82, 2.24) is 0 Å². The Balaban J connectivity index is 2.80. The van der Waals surface area contributed by atoms with E-state index in [0.717, 1.165) is 5.56 Å². The van der Waals surface area contributed by atoms with E-state index in [1.54, 1.807) is 0 Å². The lowest BCUT2D eigenvalue weighted by Crippen LogP contribution is -2.22. The first-order valence-corrected chi connectivity index (χ1v) is 9.03. The number of hydrogen-bond donors (Lipinski definition) is 1. The number of hydrogen-bond acceptors (Lipinski definition) is 1. The number of carbonyl (C=O) groups excluding carboxylic acids is 1. The summed E-state index contributed by atoms with van der Waals surface area (Å²) in [7, 11) is -1.71. The lowest BCUT2D eigenvalue weighted by atomic mass is 10.2. The van der Waals surface area contributed by atoms with Crippen molar-refractivity contribution in [3.05, 3.63) is 35.9 Å². The van der Waals surface area contributed by atoms with Crippen LogP contribution in [0.4, 0.5) is 0 Å². The summed E-state index contributed by atoms with van der Waals surface area (Å²) in [4.78, 5) is 11.9. The number of carbonyl (C=O) groups is 1. The smallest absolute Gasteiger partial charge is 0.169 e. The SMILES string of the molecule is C[SH](C)(C)(C)CC(=O)c1ccccc1. The van der Waals surface area contributed by atoms with E-state index in [1.165, 1.54) is 0 Å². The van der Waals surface area contributed by atoms with Crippen molar-refractivity contribution in [3.8, 4) is 0 Å². The molecule has 80 valence electrons. The lowest BCUT2D eigenvalue weighted by Gasteiger charge is -2.46. The van der Waals surface area contributed by atoms with E-state index in [4.69, 9.17) is 0 Å². The summed E-state index contributed by atoms with van der Waals surface area (Å²) in [6, 6.07) is 9.55. The molecule has 0 fully saturated rings. The Hall–Kier alpha value is -0.760. The second-order valence-corrected chi connectivity index (χ2v) is 14.1. The van der Waals surface area contributed by atoms with E-state index in [2.05, 4.69) is 25.0 Å². The van der Waals surface area contributed by atoms with Gasteiger partial charge < -0.3 is 0 Å². The van der Waals surface area contributed by atoms with Crippen LogP contribution in [-0.2, 0) is 0 Å². The Kier molecular flexibility index (Phi) is 2.77. The average molecular weight is 212 g/mol. The molecule has 0 amide bonds. The summed E-state index contributed by atoms with van der Waals surface area (Å²) in [5, 5.41) is 0. The average Bonchev–Trinajstić information content (AvgIpc) is 2.01. The molecule has 0 aromatic heterocycles. The maximum atomic E-state index is 11.9. The van der Waals surface area contributed by atoms with Gasteiger partial charge >= 0.3 is 0 Å². The van der Waals surface area contributed by atoms with Crippen molar-refractivity contribution < 1.29 is 4.79 Å². The first kappa shape index (κ1) is 11.3. The second-order valence-electron chi connectivity index (χ2n) is 5.90. The van der Waals surface area contributed by atoms with Crippen molar-refractivity contribution in [1.29, 1.82) is 0 Å². The summed E-state index contributed by atoms with van der Waals surface area (Å²) in [5.41, 5.74) is 0.842. The van der Waals surface area contributed by atoms with Crippen molar-refractivity contribution in [2.45, 2.75) is 0 Å². The number of benzene rings is 1. The maximum Gasteiger partial charge on any atom is 0.169 e. The molecular formula is C12H20OS. The highest BCUT2D eigenvalue weighted by atomic mass is 32.3. The largest absolute Gasteiger partial charge is 0.293 e. The Morgan fingerprint density at radius 3 is 2.00 bits per heavy atom. The van der Waals surface area contributed by atoms with Crippen LogP contribution in [0.2, 0.25) is 0 Å². The Labute approximate surface area is 86.8 Å². The Morgan fingerprint density at radius 1 is 1.07 bits per heavy atom. The highest BCUT2D eigenvalue weighted by molar-refractivity contribution is 8.48. The molecule has 0 N–H and O–H groups in total. The fourth-order valence-electron chi connectivity index (χ4n) is 1.29. The van der Waals surface area contributed by atoms with Crippen molar-refractivity contribution >= 4 is 14.9 Å². The highest BCUT2D eigenvalue weighted by Crippen LogP contribution is 2.55. The molecule has 0 radical (unpaired) electrons. The minimum Gasteiger partial charge on any atom is -0.293 e. The Morgan fingerprint density at radius 2 is 1.57 bits per heavy atom. The van der Waals surface area contributed by atoms with Crippen LogP contribution < -0.4 is 0 Å². The second kappa shape index (κ2) is 3.43. The van der Waals surface area contributed by atoms with Crippen LogP contribution in [0.1, 0.15) is 10.4 Å². The van der Waals surface area contributed by atoms with Gasteiger partial charge in [-0.1, -0.05) is 30.3 Å². The first-order valence-electron chi connectivity index (χ1n) is 4.82. The molecule has 0 atom stereocenters. The minimum atomic E-state index is -1.71. The fraction of sp³-hybridized carbons (Fsp3) is 0.417. The molecule has 0 aliphatic carbocycles. The van der Waals surface area contributed by atoms with E-state index in [-0.39, 0.29) is 5.78 Å². The normalized spacial score (nSPS) is 14.4. The van der Waals surface area contributed by atoms with Gasteiger partial charge in [0.05, 0.1) is 0 Å². The van der Waals surface area contributed by atoms with Gasteiger partial charge in [-0.2, -0.15) is 0 Å². The van der Waals surface area contributed by atoms with Crippen LogP contribution in [0.25, 0.3) is 0 Å². The lowest BCUT2D eigenvalue weighted by molar-refractivity contribution is 0.102. The summed E-state index contributed by atoms with van der Waals surface area (Å²) in [6.45, 7) is 0. The van der Waals surface area contributed by atoms with Crippen LogP contribution in [0.3, 0.4) is 0 Å². The number of ketones is 1. The molecule has 0 bridgehead atoms. The Bertz CT molecular complexity index is 323. The summed E-state index contributed by atoms with van der Waals surface area (Å²) in [6.07, 6.45) is 8.91. The molecule has 1 aromatic carbocycles. The van der Waals surface area contributed by atoms with Gasteiger partial charge in [0.25, 0.3) is 0 Å². The zero-order valence-corrected chi connectivity index (χ0v) is 10.3. The van der Waals surface area contributed by atoms with Gasteiger partial charge in [0.2, 0.25) is 0 Å². The van der Waals surface area contributed by atoms with E-state index in [9.17, 15) is 4.79 Å². The molecule has 0 aliphatic heterocycles. The predicted molar refractivity (Wildman–Crippen MR) is 68.3 cm³/mol. The van der Waals surface area contributed by atoms with Crippen molar-refractivity contribution in [2.75, 3.05) is 30.8 Å². The monoisotopic (exact) mass is 212 g/mol. The van der Waals surface area contributed by atoms with Gasteiger partial charge in [-0.15, -0.1) is 0 Å². The predicted octanol–water partition coefficient (Wildman–Crippen LogP) is 2.46. The molecule has 1 aromatic rings. The minimum absolute atomic E-state index is 0.276. The molecule has 14 heavy (non-hydrogen) atoms. The molecule has 1 rings (SSSR count). The highest BCUT2D eigenvalue weighted by Gasteiger charge is 2.23. The molecular weight excluding hydrogens is 192 g/mol. The molecule has 0 aliphatic rings. The van der Waals surface area contributed by atoms with Crippen LogP contribution in [0, 0.1) is 0 Å². The fourth-order valence-corrected chi connectivity index (χ4v) is 2.62. The third kappa shape index (κ3) is 3.97. The van der Waals surface area contributed by atoms with Gasteiger partial charge in [-0.25, -0.2) is 0 Å². The summed E-state index contributed by atoms with van der Waals surface area (Å²) < 4.78 is 0. The van der Waals surface area contributed by atoms with Gasteiger partial charge in [0, 0.05) is 11.3 Å². The molecule has 2 heteroatoms. The molecule has 1 nitrogen and oxygen atoms in total. The van der Waals surface area contributed by atoms with E-state index < -0.39 is 9.16 Å². The van der Waals surface area contributed by atoms with Crippen LogP contribution in [0.5, 0.6) is 0 Å². The summed E-state index contributed by atoms with van der Waals surface area (Å²) >= 11 is 0. The third-order valence-electron chi connectivity index (χ3n) is 1.87. The zero-order chi connectivity index (χ0) is 10.8. The quantitative estimate of drug-likeness (QED) is 0.601. The van der Waals surface area contributed by atoms with E-state index >= 15 is 0 Å². The molecule has 0 saturated heterocycles. The molecule has 0 spiro atoms. The van der Waals surface area contributed by atoms with Crippen molar-refractivity contribution in [2.24, 2.45) is 0 Å². The summed E-state index contributed by atoms with van der Waals surface area (Å²) in [5.74, 6) is 0.980. The molecule has 0 saturated carbocycles. The van der Waals surface area contributed by atoms with Crippen molar-refractivity contribution in [3.63, 3.8) is 0 Å². The number of thiol groups is 1. The first-order chi connectivity index (χ1) is 6.24. The zero-order valence-electron chi connectivity index (χ0n) is 9.45. The standard InChI is InChI=1S/C12H20OS/c1-14(2,3,4)10-12(13)11-8-6-5-7-9-11/h5-9,14H,10H2,1-4H3. The van der Waals surface area contributed by atoms with Crippen LogP contribution >= 0.6 is 9.16 Å². The van der Waals surface area contributed by atoms with Crippen LogP contribution in [-0.4, -0.2) is 36.6 Å². The third-order valence-corrected chi connectivity index (χ3v) is 3.42. The van der Waals surface area contributed by atoms with Crippen LogP contribution in [0.15, 0.2) is 30.3 Å². The topological polar surface area (TPSA) is 17.1 Å². The van der Waals surface area contributed by atoms with E-state index in [1.807, 2.05) is 30.3 Å². The molecule has 0 heterocycles. The number of Topliss-reactive ketones (excluding diaryl/α,β-unsaturated/α-hetero) is 1. The molecule has 0 unspecified atom stereocenters. The van der Waals surface area contributed by atoms with Gasteiger partial charge in [0.15, 0.2) is 5.78 Å². The van der Waals surface area contributed by atoms with Gasteiger partial charge in [-0.3, -0.25) is 14.0 Å².